The summed E-state index contributed by atoms with van der Waals surface area (Å²) in [5.41, 5.74) is 5.39. The molecular formula is C24H26N4O3. The number of benzene rings is 2. The SMILES string of the molecule is Cc1ccc(N2C[C@@H](c3nc(-c4ccc(N5CCOCC5)cc4)no3)CC2=O)cc1C. The zero-order valence-corrected chi connectivity index (χ0v) is 17.9. The van der Waals surface area contributed by atoms with Gasteiger partial charge in [0.05, 0.1) is 19.1 Å². The van der Waals surface area contributed by atoms with Crippen molar-refractivity contribution < 1.29 is 14.1 Å². The first kappa shape index (κ1) is 19.8. The molecule has 31 heavy (non-hydrogen) atoms. The van der Waals surface area contributed by atoms with Crippen molar-refractivity contribution in [2.75, 3.05) is 42.6 Å². The Kier molecular flexibility index (Phi) is 5.19. The highest BCUT2D eigenvalue weighted by molar-refractivity contribution is 5.96. The average molecular weight is 418 g/mol. The van der Waals surface area contributed by atoms with E-state index in [1.165, 1.54) is 16.8 Å². The van der Waals surface area contributed by atoms with Gasteiger partial charge in [-0.15, -0.1) is 0 Å². The third-order valence-corrected chi connectivity index (χ3v) is 6.22. The van der Waals surface area contributed by atoms with Gasteiger partial charge in [0.15, 0.2) is 0 Å². The van der Waals surface area contributed by atoms with Gasteiger partial charge in [0.2, 0.25) is 17.6 Å². The maximum Gasteiger partial charge on any atom is 0.232 e. The lowest BCUT2D eigenvalue weighted by Crippen LogP contribution is -2.36. The molecule has 0 N–H and O–H groups in total. The molecule has 0 unspecified atom stereocenters. The van der Waals surface area contributed by atoms with E-state index in [9.17, 15) is 4.79 Å². The van der Waals surface area contributed by atoms with Crippen LogP contribution in [0.2, 0.25) is 0 Å². The quantitative estimate of drug-likeness (QED) is 0.643. The number of aromatic nitrogens is 2. The predicted octanol–water partition coefficient (Wildman–Crippen LogP) is 3.71. The second kappa shape index (κ2) is 8.15. The first-order chi connectivity index (χ1) is 15.1. The lowest BCUT2D eigenvalue weighted by Gasteiger charge is -2.28. The van der Waals surface area contributed by atoms with Gasteiger partial charge in [0, 0.05) is 43.0 Å². The molecule has 1 amide bonds. The van der Waals surface area contributed by atoms with E-state index < -0.39 is 0 Å². The number of carbonyl (C=O) groups is 1. The summed E-state index contributed by atoms with van der Waals surface area (Å²) in [6, 6.07) is 14.3. The van der Waals surface area contributed by atoms with Gasteiger partial charge in [0.1, 0.15) is 0 Å². The summed E-state index contributed by atoms with van der Waals surface area (Å²) in [6.07, 6.45) is 0.379. The van der Waals surface area contributed by atoms with Gasteiger partial charge in [-0.2, -0.15) is 4.98 Å². The Morgan fingerprint density at radius 1 is 0.968 bits per heavy atom. The minimum atomic E-state index is -0.0945. The maximum atomic E-state index is 12.6. The molecule has 1 atom stereocenters. The van der Waals surface area contributed by atoms with Crippen molar-refractivity contribution in [1.82, 2.24) is 10.1 Å². The Morgan fingerprint density at radius 3 is 2.45 bits per heavy atom. The van der Waals surface area contributed by atoms with Gasteiger partial charge in [-0.25, -0.2) is 0 Å². The molecule has 7 heteroatoms. The Hall–Kier alpha value is -3.19. The first-order valence-corrected chi connectivity index (χ1v) is 10.7. The molecule has 0 saturated carbocycles. The second-order valence-corrected chi connectivity index (χ2v) is 8.28. The molecule has 7 nitrogen and oxygen atoms in total. The van der Waals surface area contributed by atoms with E-state index in [-0.39, 0.29) is 11.8 Å². The minimum Gasteiger partial charge on any atom is -0.378 e. The lowest BCUT2D eigenvalue weighted by molar-refractivity contribution is -0.117. The minimum absolute atomic E-state index is 0.0860. The fourth-order valence-corrected chi connectivity index (χ4v) is 4.18. The monoisotopic (exact) mass is 418 g/mol. The van der Waals surface area contributed by atoms with Crippen LogP contribution in [0.5, 0.6) is 0 Å². The number of aryl methyl sites for hydroxylation is 2. The summed E-state index contributed by atoms with van der Waals surface area (Å²) in [5.74, 6) is 1.07. The van der Waals surface area contributed by atoms with E-state index in [1.807, 2.05) is 23.1 Å². The highest BCUT2D eigenvalue weighted by atomic mass is 16.5. The van der Waals surface area contributed by atoms with Crippen molar-refractivity contribution in [3.63, 3.8) is 0 Å². The number of morpholine rings is 1. The number of rotatable bonds is 4. The van der Waals surface area contributed by atoms with Crippen LogP contribution in [0.15, 0.2) is 47.0 Å². The van der Waals surface area contributed by atoms with Crippen molar-refractivity contribution in [3.05, 3.63) is 59.5 Å². The lowest BCUT2D eigenvalue weighted by atomic mass is 10.1. The molecule has 3 heterocycles. The van der Waals surface area contributed by atoms with E-state index >= 15 is 0 Å². The Balaban J connectivity index is 1.30. The molecule has 0 radical (unpaired) electrons. The van der Waals surface area contributed by atoms with Crippen LogP contribution in [0, 0.1) is 13.8 Å². The first-order valence-electron chi connectivity index (χ1n) is 10.7. The highest BCUT2D eigenvalue weighted by Gasteiger charge is 2.35. The zero-order chi connectivity index (χ0) is 21.4. The number of hydrogen-bond donors (Lipinski definition) is 0. The smallest absolute Gasteiger partial charge is 0.232 e. The molecule has 5 rings (SSSR count). The summed E-state index contributed by atoms with van der Waals surface area (Å²) in [5, 5.41) is 4.17. The number of ether oxygens (including phenoxy) is 1. The van der Waals surface area contributed by atoms with Crippen LogP contribution < -0.4 is 9.80 Å². The van der Waals surface area contributed by atoms with E-state index in [4.69, 9.17) is 9.26 Å². The van der Waals surface area contributed by atoms with Crippen LogP contribution in [-0.2, 0) is 9.53 Å². The molecule has 2 fully saturated rings. The molecule has 0 bridgehead atoms. The van der Waals surface area contributed by atoms with E-state index in [0.717, 1.165) is 37.6 Å². The summed E-state index contributed by atoms with van der Waals surface area (Å²) in [6.45, 7) is 8.01. The van der Waals surface area contributed by atoms with Gasteiger partial charge in [-0.3, -0.25) is 4.79 Å². The van der Waals surface area contributed by atoms with Crippen molar-refractivity contribution in [3.8, 4) is 11.4 Å². The molecule has 1 aromatic heterocycles. The fraction of sp³-hybridized carbons (Fsp3) is 0.375. The van der Waals surface area contributed by atoms with Gasteiger partial charge in [-0.1, -0.05) is 11.2 Å². The maximum absolute atomic E-state index is 12.6. The average Bonchev–Trinajstić information content (AvgIpc) is 3.44. The number of nitrogens with zero attached hydrogens (tertiary/aromatic N) is 4. The molecule has 0 aliphatic carbocycles. The van der Waals surface area contributed by atoms with Crippen LogP contribution >= 0.6 is 0 Å². The largest absolute Gasteiger partial charge is 0.378 e. The van der Waals surface area contributed by atoms with E-state index in [0.29, 0.717) is 24.7 Å². The van der Waals surface area contributed by atoms with Crippen LogP contribution in [0.4, 0.5) is 11.4 Å². The molecular weight excluding hydrogens is 392 g/mol. The Labute approximate surface area is 181 Å². The zero-order valence-electron chi connectivity index (χ0n) is 17.9. The fourth-order valence-electron chi connectivity index (χ4n) is 4.18. The van der Waals surface area contributed by atoms with Crippen LogP contribution in [0.25, 0.3) is 11.4 Å². The molecule has 2 aliphatic rings. The molecule has 160 valence electrons. The number of amides is 1. The van der Waals surface area contributed by atoms with Gasteiger partial charge < -0.3 is 19.1 Å². The molecule has 2 saturated heterocycles. The van der Waals surface area contributed by atoms with Crippen molar-refractivity contribution in [2.24, 2.45) is 0 Å². The summed E-state index contributed by atoms with van der Waals surface area (Å²) in [4.78, 5) is 21.4. The van der Waals surface area contributed by atoms with E-state index in [2.05, 4.69) is 53.2 Å². The third kappa shape index (κ3) is 3.93. The van der Waals surface area contributed by atoms with Crippen molar-refractivity contribution in [1.29, 1.82) is 0 Å². The van der Waals surface area contributed by atoms with E-state index in [1.54, 1.807) is 0 Å². The van der Waals surface area contributed by atoms with Crippen LogP contribution in [-0.4, -0.2) is 48.9 Å². The van der Waals surface area contributed by atoms with Crippen LogP contribution in [0.1, 0.15) is 29.4 Å². The molecule has 0 spiro atoms. The molecule has 2 aromatic carbocycles. The number of anilines is 2. The van der Waals surface area contributed by atoms with Gasteiger partial charge in [0.25, 0.3) is 0 Å². The standard InChI is InChI=1S/C24H26N4O3/c1-16-3-6-21(13-17(16)2)28-15-19(14-22(28)29)24-25-23(26-31-24)18-4-7-20(8-5-18)27-9-11-30-12-10-27/h3-8,13,19H,9-12,14-15H2,1-2H3/t19-/m0/s1. The summed E-state index contributed by atoms with van der Waals surface area (Å²) < 4.78 is 11.0. The third-order valence-electron chi connectivity index (χ3n) is 6.22. The Morgan fingerprint density at radius 2 is 1.71 bits per heavy atom. The second-order valence-electron chi connectivity index (χ2n) is 8.28. The highest BCUT2D eigenvalue weighted by Crippen LogP contribution is 2.33. The Bertz CT molecular complexity index is 1090. The molecule has 3 aromatic rings. The van der Waals surface area contributed by atoms with Crippen LogP contribution in [0.3, 0.4) is 0 Å². The van der Waals surface area contributed by atoms with Gasteiger partial charge in [-0.05, 0) is 61.4 Å². The van der Waals surface area contributed by atoms with Crippen molar-refractivity contribution in [2.45, 2.75) is 26.2 Å². The summed E-state index contributed by atoms with van der Waals surface area (Å²) in [7, 11) is 0. The number of carbonyl (C=O) groups excluding carboxylic acids is 1. The normalized spacial score (nSPS) is 19.3. The van der Waals surface area contributed by atoms with Crippen molar-refractivity contribution >= 4 is 17.3 Å². The number of hydrogen-bond acceptors (Lipinski definition) is 6. The molecule has 2 aliphatic heterocycles. The predicted molar refractivity (Wildman–Crippen MR) is 118 cm³/mol. The summed E-state index contributed by atoms with van der Waals surface area (Å²) >= 11 is 0. The topological polar surface area (TPSA) is 71.7 Å². The van der Waals surface area contributed by atoms with Gasteiger partial charge >= 0.3 is 0 Å².